The molecule has 0 aliphatic carbocycles. The fourth-order valence-electron chi connectivity index (χ4n) is 2.13. The molecule has 0 aliphatic heterocycles. The summed E-state index contributed by atoms with van der Waals surface area (Å²) in [5, 5.41) is 5.98. The van der Waals surface area contributed by atoms with E-state index in [2.05, 4.69) is 33.6 Å². The highest BCUT2D eigenvalue weighted by atomic mass is 16.5. The second-order valence-electron chi connectivity index (χ2n) is 5.00. The standard InChI is InChI=1S/C17H22N4O2/c1-3-13-7-4-5-8-14(13)20-17-19-11-9-15(21-17)16(22)18-10-6-12-23-2/h4-5,7-9,11H,3,6,10,12H2,1-2H3,(H,18,22)(H,19,20,21). The highest BCUT2D eigenvalue weighted by Gasteiger charge is 2.09. The van der Waals surface area contributed by atoms with Crippen molar-refractivity contribution in [2.75, 3.05) is 25.6 Å². The average Bonchev–Trinajstić information content (AvgIpc) is 2.59. The minimum absolute atomic E-state index is 0.213. The zero-order valence-corrected chi connectivity index (χ0v) is 13.5. The molecule has 1 amide bonds. The van der Waals surface area contributed by atoms with Crippen LogP contribution in [-0.4, -0.2) is 36.1 Å². The summed E-state index contributed by atoms with van der Waals surface area (Å²) in [6.45, 7) is 3.26. The van der Waals surface area contributed by atoms with Gasteiger partial charge in [-0.2, -0.15) is 0 Å². The first-order valence-electron chi connectivity index (χ1n) is 7.69. The fraction of sp³-hybridized carbons (Fsp3) is 0.353. The average molecular weight is 314 g/mol. The van der Waals surface area contributed by atoms with Crippen LogP contribution >= 0.6 is 0 Å². The number of hydrogen-bond donors (Lipinski definition) is 2. The zero-order chi connectivity index (χ0) is 16.5. The molecule has 6 nitrogen and oxygen atoms in total. The molecule has 0 bridgehead atoms. The number of amides is 1. The van der Waals surface area contributed by atoms with Crippen molar-refractivity contribution >= 4 is 17.5 Å². The van der Waals surface area contributed by atoms with Crippen molar-refractivity contribution in [3.63, 3.8) is 0 Å². The molecule has 1 heterocycles. The topological polar surface area (TPSA) is 76.1 Å². The van der Waals surface area contributed by atoms with Gasteiger partial charge in [0.15, 0.2) is 0 Å². The Morgan fingerprint density at radius 1 is 1.26 bits per heavy atom. The van der Waals surface area contributed by atoms with Gasteiger partial charge in [-0.25, -0.2) is 9.97 Å². The monoisotopic (exact) mass is 314 g/mol. The van der Waals surface area contributed by atoms with Crippen molar-refractivity contribution in [1.29, 1.82) is 0 Å². The van der Waals surface area contributed by atoms with Gasteiger partial charge in [-0.15, -0.1) is 0 Å². The van der Waals surface area contributed by atoms with Crippen molar-refractivity contribution in [2.45, 2.75) is 19.8 Å². The van der Waals surface area contributed by atoms with E-state index < -0.39 is 0 Å². The van der Waals surface area contributed by atoms with Gasteiger partial charge in [0, 0.05) is 32.1 Å². The van der Waals surface area contributed by atoms with Crippen LogP contribution in [0.3, 0.4) is 0 Å². The molecule has 0 saturated heterocycles. The van der Waals surface area contributed by atoms with Gasteiger partial charge in [-0.1, -0.05) is 25.1 Å². The first kappa shape index (κ1) is 16.9. The molecule has 0 fully saturated rings. The van der Waals surface area contributed by atoms with E-state index in [1.807, 2.05) is 18.2 Å². The normalized spacial score (nSPS) is 10.3. The summed E-state index contributed by atoms with van der Waals surface area (Å²) in [4.78, 5) is 20.5. The lowest BCUT2D eigenvalue weighted by molar-refractivity contribution is 0.0943. The quantitative estimate of drug-likeness (QED) is 0.732. The Morgan fingerprint density at radius 3 is 2.87 bits per heavy atom. The van der Waals surface area contributed by atoms with Gasteiger partial charge in [0.05, 0.1) is 0 Å². The first-order chi connectivity index (χ1) is 11.2. The van der Waals surface area contributed by atoms with Gasteiger partial charge in [0.2, 0.25) is 5.95 Å². The highest BCUT2D eigenvalue weighted by Crippen LogP contribution is 2.18. The summed E-state index contributed by atoms with van der Waals surface area (Å²) >= 11 is 0. The van der Waals surface area contributed by atoms with Crippen molar-refractivity contribution in [1.82, 2.24) is 15.3 Å². The molecule has 0 atom stereocenters. The van der Waals surface area contributed by atoms with Gasteiger partial charge in [-0.05, 0) is 30.5 Å². The number of benzene rings is 1. The Hall–Kier alpha value is -2.47. The number of carbonyl (C=O) groups is 1. The van der Waals surface area contributed by atoms with Crippen LogP contribution in [0.5, 0.6) is 0 Å². The van der Waals surface area contributed by atoms with E-state index in [9.17, 15) is 4.79 Å². The molecule has 0 radical (unpaired) electrons. The number of nitrogens with zero attached hydrogens (tertiary/aromatic N) is 2. The van der Waals surface area contributed by atoms with E-state index in [1.54, 1.807) is 19.4 Å². The number of nitrogens with one attached hydrogen (secondary N) is 2. The Morgan fingerprint density at radius 2 is 2.09 bits per heavy atom. The summed E-state index contributed by atoms with van der Waals surface area (Å²) in [6, 6.07) is 9.57. The minimum atomic E-state index is -0.213. The van der Waals surface area contributed by atoms with Gasteiger partial charge in [-0.3, -0.25) is 4.79 Å². The number of para-hydroxylation sites is 1. The van der Waals surface area contributed by atoms with Gasteiger partial charge in [0.1, 0.15) is 5.69 Å². The largest absolute Gasteiger partial charge is 0.385 e. The predicted octanol–water partition coefficient (Wildman–Crippen LogP) is 2.55. The molecule has 122 valence electrons. The van der Waals surface area contributed by atoms with Gasteiger partial charge >= 0.3 is 0 Å². The minimum Gasteiger partial charge on any atom is -0.385 e. The number of hydrogen-bond acceptors (Lipinski definition) is 5. The zero-order valence-electron chi connectivity index (χ0n) is 13.5. The van der Waals surface area contributed by atoms with Crippen LogP contribution in [0.15, 0.2) is 36.5 Å². The number of anilines is 2. The van der Waals surface area contributed by atoms with Crippen molar-refractivity contribution in [3.05, 3.63) is 47.8 Å². The lowest BCUT2D eigenvalue weighted by atomic mass is 10.1. The summed E-state index contributed by atoms with van der Waals surface area (Å²) < 4.78 is 4.95. The maximum atomic E-state index is 12.1. The molecule has 23 heavy (non-hydrogen) atoms. The Balaban J connectivity index is 2.03. The van der Waals surface area contributed by atoms with Crippen molar-refractivity contribution < 1.29 is 9.53 Å². The second kappa shape index (κ2) is 8.85. The van der Waals surface area contributed by atoms with E-state index in [-0.39, 0.29) is 5.91 Å². The van der Waals surface area contributed by atoms with E-state index in [0.717, 1.165) is 18.5 Å². The predicted molar refractivity (Wildman–Crippen MR) is 90.0 cm³/mol. The molecule has 0 aliphatic rings. The lowest BCUT2D eigenvalue weighted by Crippen LogP contribution is -2.26. The number of aromatic nitrogens is 2. The Kier molecular flexibility index (Phi) is 6.50. The molecule has 2 N–H and O–H groups in total. The number of ether oxygens (including phenoxy) is 1. The van der Waals surface area contributed by atoms with Crippen LogP contribution < -0.4 is 10.6 Å². The number of carbonyl (C=O) groups excluding carboxylic acids is 1. The highest BCUT2D eigenvalue weighted by molar-refractivity contribution is 5.92. The second-order valence-corrected chi connectivity index (χ2v) is 5.00. The maximum absolute atomic E-state index is 12.1. The molecule has 6 heteroatoms. The van der Waals surface area contributed by atoms with E-state index in [0.29, 0.717) is 24.8 Å². The van der Waals surface area contributed by atoms with Gasteiger partial charge in [0.25, 0.3) is 5.91 Å². The summed E-state index contributed by atoms with van der Waals surface area (Å²) in [5.41, 5.74) is 2.46. The van der Waals surface area contributed by atoms with Crippen LogP contribution in [0, 0.1) is 0 Å². The SMILES string of the molecule is CCc1ccccc1Nc1nccc(C(=O)NCCCOC)n1. The third-order valence-electron chi connectivity index (χ3n) is 3.34. The summed E-state index contributed by atoms with van der Waals surface area (Å²) in [5.74, 6) is 0.200. The third-order valence-corrected chi connectivity index (χ3v) is 3.34. The molecule has 0 unspecified atom stereocenters. The molecule has 0 saturated carbocycles. The van der Waals surface area contributed by atoms with Gasteiger partial charge < -0.3 is 15.4 Å². The molecule has 2 rings (SSSR count). The number of aryl methyl sites for hydroxylation is 1. The third kappa shape index (κ3) is 5.03. The van der Waals surface area contributed by atoms with Crippen LogP contribution in [0.1, 0.15) is 29.4 Å². The molecule has 1 aromatic carbocycles. The smallest absolute Gasteiger partial charge is 0.270 e. The maximum Gasteiger partial charge on any atom is 0.270 e. The van der Waals surface area contributed by atoms with E-state index >= 15 is 0 Å². The summed E-state index contributed by atoms with van der Waals surface area (Å²) in [6.07, 6.45) is 3.25. The Bertz CT molecular complexity index is 646. The molecular formula is C17H22N4O2. The van der Waals surface area contributed by atoms with Crippen LogP contribution in [0.2, 0.25) is 0 Å². The van der Waals surface area contributed by atoms with E-state index in [1.165, 1.54) is 5.56 Å². The van der Waals surface area contributed by atoms with Crippen LogP contribution in [0.4, 0.5) is 11.6 Å². The van der Waals surface area contributed by atoms with Crippen molar-refractivity contribution in [2.24, 2.45) is 0 Å². The van der Waals surface area contributed by atoms with Crippen molar-refractivity contribution in [3.8, 4) is 0 Å². The fourth-order valence-corrected chi connectivity index (χ4v) is 2.13. The molecule has 0 spiro atoms. The van der Waals surface area contributed by atoms with E-state index in [4.69, 9.17) is 4.74 Å². The lowest BCUT2D eigenvalue weighted by Gasteiger charge is -2.10. The summed E-state index contributed by atoms with van der Waals surface area (Å²) in [7, 11) is 1.64. The Labute approximate surface area is 136 Å². The van der Waals surface area contributed by atoms with Crippen LogP contribution in [0.25, 0.3) is 0 Å². The first-order valence-corrected chi connectivity index (χ1v) is 7.69. The molecule has 1 aromatic heterocycles. The number of methoxy groups -OCH3 is 1. The molecule has 2 aromatic rings. The number of rotatable bonds is 8. The van der Waals surface area contributed by atoms with Crippen LogP contribution in [-0.2, 0) is 11.2 Å². The molecular weight excluding hydrogens is 292 g/mol.